The van der Waals surface area contributed by atoms with Gasteiger partial charge in [-0.2, -0.15) is 10.2 Å². The van der Waals surface area contributed by atoms with Crippen LogP contribution in [-0.4, -0.2) is 38.0 Å². The Balaban J connectivity index is 1.47. The maximum atomic E-state index is 12.8. The minimum atomic E-state index is -0.199. The van der Waals surface area contributed by atoms with Crippen LogP contribution in [0.2, 0.25) is 0 Å². The number of aromatic amines is 1. The van der Waals surface area contributed by atoms with Crippen molar-refractivity contribution in [3.8, 4) is 22.8 Å². The van der Waals surface area contributed by atoms with Gasteiger partial charge in [-0.25, -0.2) is 9.67 Å². The van der Waals surface area contributed by atoms with Gasteiger partial charge in [0.15, 0.2) is 5.82 Å². The molecule has 0 atom stereocenters. The Morgan fingerprint density at radius 2 is 1.83 bits per heavy atom. The van der Waals surface area contributed by atoms with Gasteiger partial charge in [-0.1, -0.05) is 18.2 Å². The van der Waals surface area contributed by atoms with E-state index in [4.69, 9.17) is 4.74 Å². The number of nitrogens with one attached hydrogen (secondary N) is 2. The number of para-hydroxylation sites is 1. The highest BCUT2D eigenvalue weighted by Gasteiger charge is 2.19. The van der Waals surface area contributed by atoms with Gasteiger partial charge in [0.25, 0.3) is 5.91 Å². The first-order chi connectivity index (χ1) is 14.6. The molecule has 0 spiro atoms. The number of aromatic nitrogens is 5. The van der Waals surface area contributed by atoms with Crippen LogP contribution in [-0.2, 0) is 6.54 Å². The van der Waals surface area contributed by atoms with E-state index >= 15 is 0 Å². The van der Waals surface area contributed by atoms with E-state index in [1.807, 2.05) is 68.4 Å². The average molecular weight is 402 g/mol. The van der Waals surface area contributed by atoms with Gasteiger partial charge in [-0.05, 0) is 50.2 Å². The molecule has 0 aliphatic carbocycles. The number of carbonyl (C=O) groups is 1. The summed E-state index contributed by atoms with van der Waals surface area (Å²) in [6.45, 7) is 3.95. The summed E-state index contributed by atoms with van der Waals surface area (Å²) in [4.78, 5) is 17.3. The Kier molecular flexibility index (Phi) is 5.30. The molecule has 0 fully saturated rings. The van der Waals surface area contributed by atoms with Crippen molar-refractivity contribution in [2.45, 2.75) is 20.4 Å². The van der Waals surface area contributed by atoms with Crippen LogP contribution in [0.1, 0.15) is 27.6 Å². The van der Waals surface area contributed by atoms with Crippen LogP contribution in [0.25, 0.3) is 17.1 Å². The average Bonchev–Trinajstić information content (AvgIpc) is 3.37. The number of hydrogen-bond acceptors (Lipinski definition) is 5. The molecule has 2 heterocycles. The first-order valence-corrected chi connectivity index (χ1v) is 9.52. The van der Waals surface area contributed by atoms with Crippen molar-refractivity contribution >= 4 is 5.91 Å². The lowest BCUT2D eigenvalue weighted by Gasteiger charge is -2.06. The molecule has 8 heteroatoms. The molecule has 2 aromatic carbocycles. The van der Waals surface area contributed by atoms with Crippen molar-refractivity contribution in [2.24, 2.45) is 0 Å². The summed E-state index contributed by atoms with van der Waals surface area (Å²) in [5.74, 6) is 1.70. The summed E-state index contributed by atoms with van der Waals surface area (Å²) < 4.78 is 6.94. The zero-order valence-corrected chi connectivity index (χ0v) is 17.0. The van der Waals surface area contributed by atoms with Crippen molar-refractivity contribution in [2.75, 3.05) is 7.11 Å². The highest BCUT2D eigenvalue weighted by molar-refractivity contribution is 5.96. The third-order valence-corrected chi connectivity index (χ3v) is 4.82. The van der Waals surface area contributed by atoms with E-state index in [0.29, 0.717) is 22.9 Å². The van der Waals surface area contributed by atoms with Gasteiger partial charge in [0, 0.05) is 5.56 Å². The fourth-order valence-corrected chi connectivity index (χ4v) is 3.29. The molecule has 30 heavy (non-hydrogen) atoms. The number of carbonyl (C=O) groups excluding carboxylic acids is 1. The molecule has 0 bridgehead atoms. The molecule has 4 rings (SSSR count). The summed E-state index contributed by atoms with van der Waals surface area (Å²) in [6, 6.07) is 17.2. The summed E-state index contributed by atoms with van der Waals surface area (Å²) >= 11 is 0. The second-order valence-electron chi connectivity index (χ2n) is 6.81. The minimum absolute atomic E-state index is 0.199. The molecule has 0 aliphatic heterocycles. The van der Waals surface area contributed by atoms with Crippen molar-refractivity contribution < 1.29 is 9.53 Å². The maximum absolute atomic E-state index is 12.8. The summed E-state index contributed by atoms with van der Waals surface area (Å²) in [6.07, 6.45) is 0. The van der Waals surface area contributed by atoms with E-state index < -0.39 is 0 Å². The molecule has 152 valence electrons. The fourth-order valence-electron chi connectivity index (χ4n) is 3.29. The lowest BCUT2D eigenvalue weighted by atomic mass is 10.2. The predicted octanol–water partition coefficient (Wildman–Crippen LogP) is 3.21. The number of hydrogen-bond donors (Lipinski definition) is 2. The van der Waals surface area contributed by atoms with Crippen molar-refractivity contribution in [3.63, 3.8) is 0 Å². The third-order valence-electron chi connectivity index (χ3n) is 4.82. The second kappa shape index (κ2) is 8.20. The first-order valence-electron chi connectivity index (χ1n) is 9.52. The van der Waals surface area contributed by atoms with E-state index in [2.05, 4.69) is 25.6 Å². The SMILES string of the molecule is COc1ccc(-c2n[nH]c(CNC(=O)c3c(C)nn(-c4ccccc4)c3C)n2)cc1. The number of amides is 1. The highest BCUT2D eigenvalue weighted by atomic mass is 16.5. The molecule has 2 N–H and O–H groups in total. The van der Waals surface area contributed by atoms with Crippen LogP contribution in [0.15, 0.2) is 54.6 Å². The van der Waals surface area contributed by atoms with Crippen molar-refractivity contribution in [1.82, 2.24) is 30.3 Å². The summed E-state index contributed by atoms with van der Waals surface area (Å²) in [5, 5.41) is 14.5. The molecule has 0 radical (unpaired) electrons. The number of H-pyrrole nitrogens is 1. The van der Waals surface area contributed by atoms with Gasteiger partial charge in [0.1, 0.15) is 11.6 Å². The number of rotatable bonds is 6. The number of nitrogens with zero attached hydrogens (tertiary/aromatic N) is 4. The Bertz CT molecular complexity index is 1160. The molecule has 0 aliphatic rings. The maximum Gasteiger partial charge on any atom is 0.255 e. The molecule has 1 amide bonds. The van der Waals surface area contributed by atoms with E-state index in [1.165, 1.54) is 0 Å². The number of benzene rings is 2. The van der Waals surface area contributed by atoms with Crippen molar-refractivity contribution in [3.05, 3.63) is 77.4 Å². The largest absolute Gasteiger partial charge is 0.497 e. The summed E-state index contributed by atoms with van der Waals surface area (Å²) in [7, 11) is 1.62. The molecule has 8 nitrogen and oxygen atoms in total. The molecular formula is C22H22N6O2. The number of methoxy groups -OCH3 is 1. The van der Waals surface area contributed by atoms with E-state index in [9.17, 15) is 4.79 Å². The smallest absolute Gasteiger partial charge is 0.255 e. The predicted molar refractivity (Wildman–Crippen MR) is 113 cm³/mol. The highest BCUT2D eigenvalue weighted by Crippen LogP contribution is 2.20. The van der Waals surface area contributed by atoms with Crippen LogP contribution in [0, 0.1) is 13.8 Å². The Morgan fingerprint density at radius 1 is 1.10 bits per heavy atom. The van der Waals surface area contributed by atoms with Gasteiger partial charge in [0.05, 0.1) is 36.3 Å². The Labute approximate surface area is 173 Å². The van der Waals surface area contributed by atoms with Gasteiger partial charge in [0.2, 0.25) is 0 Å². The van der Waals surface area contributed by atoms with Gasteiger partial charge >= 0.3 is 0 Å². The molecule has 0 unspecified atom stereocenters. The molecule has 4 aromatic rings. The van der Waals surface area contributed by atoms with E-state index in [-0.39, 0.29) is 12.5 Å². The Hall–Kier alpha value is -3.94. The topological polar surface area (TPSA) is 97.7 Å². The van der Waals surface area contributed by atoms with Crippen LogP contribution < -0.4 is 10.1 Å². The first kappa shape index (κ1) is 19.4. The van der Waals surface area contributed by atoms with E-state index in [1.54, 1.807) is 11.8 Å². The van der Waals surface area contributed by atoms with E-state index in [0.717, 1.165) is 22.7 Å². The molecule has 0 saturated heterocycles. The van der Waals surface area contributed by atoms with Crippen LogP contribution in [0.5, 0.6) is 5.75 Å². The van der Waals surface area contributed by atoms with Crippen LogP contribution in [0.3, 0.4) is 0 Å². The number of ether oxygens (including phenoxy) is 1. The van der Waals surface area contributed by atoms with Crippen molar-refractivity contribution in [1.29, 1.82) is 0 Å². The third kappa shape index (κ3) is 3.80. The summed E-state index contributed by atoms with van der Waals surface area (Å²) in [5.41, 5.74) is 3.80. The second-order valence-corrected chi connectivity index (χ2v) is 6.81. The van der Waals surface area contributed by atoms with Crippen LogP contribution in [0.4, 0.5) is 0 Å². The normalized spacial score (nSPS) is 10.8. The standard InChI is InChI=1S/C22H22N6O2/c1-14-20(15(2)28(27-14)17-7-5-4-6-8-17)22(29)23-13-19-24-21(26-25-19)16-9-11-18(30-3)12-10-16/h4-12H,13H2,1-3H3,(H,23,29)(H,24,25,26). The zero-order valence-electron chi connectivity index (χ0n) is 17.0. The quantitative estimate of drug-likeness (QED) is 0.516. The van der Waals surface area contributed by atoms with Crippen LogP contribution >= 0.6 is 0 Å². The zero-order chi connectivity index (χ0) is 21.1. The van der Waals surface area contributed by atoms with Gasteiger partial charge in [-0.3, -0.25) is 9.89 Å². The fraction of sp³-hybridized carbons (Fsp3) is 0.182. The molecule has 0 saturated carbocycles. The van der Waals surface area contributed by atoms with Gasteiger partial charge < -0.3 is 10.1 Å². The Morgan fingerprint density at radius 3 is 2.53 bits per heavy atom. The minimum Gasteiger partial charge on any atom is -0.497 e. The molecule has 2 aromatic heterocycles. The number of aryl methyl sites for hydroxylation is 1. The van der Waals surface area contributed by atoms with Gasteiger partial charge in [-0.15, -0.1) is 0 Å². The lowest BCUT2D eigenvalue weighted by molar-refractivity contribution is 0.0948. The molecular weight excluding hydrogens is 380 g/mol. The monoisotopic (exact) mass is 402 g/mol. The lowest BCUT2D eigenvalue weighted by Crippen LogP contribution is -2.24.